The van der Waals surface area contributed by atoms with E-state index in [0.717, 1.165) is 25.3 Å². The summed E-state index contributed by atoms with van der Waals surface area (Å²) in [4.78, 5) is 4.48. The van der Waals surface area contributed by atoms with Crippen molar-refractivity contribution in [3.63, 3.8) is 0 Å². The van der Waals surface area contributed by atoms with Gasteiger partial charge in [0.2, 0.25) is 0 Å². The quantitative estimate of drug-likeness (QED) is 0.747. The Labute approximate surface area is 116 Å². The third-order valence-electron chi connectivity index (χ3n) is 2.89. The zero-order valence-corrected chi connectivity index (χ0v) is 13.0. The van der Waals surface area contributed by atoms with Gasteiger partial charge in [-0.1, -0.05) is 20.8 Å². The van der Waals surface area contributed by atoms with E-state index in [1.165, 1.54) is 12.2 Å². The number of nitrogens with zero attached hydrogens (tertiary/aromatic N) is 2. The standard InChI is InChI=1S/C14H27N3S/c1-5-7-15-13(11-18-12(3)4)10-14-16-8-9-17(14)6-2/h8-9,12-13,15H,5-7,10-11H2,1-4H3. The van der Waals surface area contributed by atoms with E-state index < -0.39 is 0 Å². The lowest BCUT2D eigenvalue weighted by atomic mass is 10.2. The maximum Gasteiger partial charge on any atom is 0.110 e. The molecule has 0 aliphatic carbocycles. The fourth-order valence-corrected chi connectivity index (χ4v) is 2.74. The van der Waals surface area contributed by atoms with E-state index >= 15 is 0 Å². The Bertz CT molecular complexity index is 323. The zero-order chi connectivity index (χ0) is 13.4. The second-order valence-electron chi connectivity index (χ2n) is 4.87. The molecule has 18 heavy (non-hydrogen) atoms. The largest absolute Gasteiger partial charge is 0.335 e. The Morgan fingerprint density at radius 3 is 2.78 bits per heavy atom. The molecule has 1 unspecified atom stereocenters. The smallest absolute Gasteiger partial charge is 0.110 e. The highest BCUT2D eigenvalue weighted by Crippen LogP contribution is 2.13. The first-order valence-corrected chi connectivity index (χ1v) is 8.07. The molecule has 0 aliphatic rings. The highest BCUT2D eigenvalue weighted by atomic mass is 32.2. The molecule has 1 aromatic rings. The average Bonchev–Trinajstić information content (AvgIpc) is 2.79. The lowest BCUT2D eigenvalue weighted by Crippen LogP contribution is -2.35. The minimum atomic E-state index is 0.532. The summed E-state index contributed by atoms with van der Waals surface area (Å²) in [5.74, 6) is 2.37. The molecular weight excluding hydrogens is 242 g/mol. The number of imidazole rings is 1. The van der Waals surface area contributed by atoms with Crippen LogP contribution in [0.25, 0.3) is 0 Å². The molecule has 0 saturated carbocycles. The minimum Gasteiger partial charge on any atom is -0.335 e. The van der Waals surface area contributed by atoms with Gasteiger partial charge in [0.25, 0.3) is 0 Å². The number of nitrogens with one attached hydrogen (secondary N) is 1. The van der Waals surface area contributed by atoms with E-state index in [4.69, 9.17) is 0 Å². The molecule has 0 bridgehead atoms. The highest BCUT2D eigenvalue weighted by Gasteiger charge is 2.13. The first-order valence-electron chi connectivity index (χ1n) is 7.02. The molecular formula is C14H27N3S. The van der Waals surface area contributed by atoms with Crippen molar-refractivity contribution in [2.75, 3.05) is 12.3 Å². The molecule has 0 saturated heterocycles. The fourth-order valence-electron chi connectivity index (χ4n) is 1.89. The number of aromatic nitrogens is 2. The van der Waals surface area contributed by atoms with Crippen LogP contribution in [-0.2, 0) is 13.0 Å². The van der Waals surface area contributed by atoms with Crippen LogP contribution in [-0.4, -0.2) is 33.1 Å². The molecule has 1 heterocycles. The van der Waals surface area contributed by atoms with Crippen LogP contribution in [0.3, 0.4) is 0 Å². The third kappa shape index (κ3) is 5.44. The predicted octanol–water partition coefficient (Wildman–Crippen LogP) is 2.96. The van der Waals surface area contributed by atoms with Gasteiger partial charge >= 0.3 is 0 Å². The van der Waals surface area contributed by atoms with Crippen LogP contribution in [0.15, 0.2) is 12.4 Å². The van der Waals surface area contributed by atoms with Gasteiger partial charge in [0.15, 0.2) is 0 Å². The van der Waals surface area contributed by atoms with Crippen molar-refractivity contribution < 1.29 is 0 Å². The van der Waals surface area contributed by atoms with Gasteiger partial charge in [-0.15, -0.1) is 0 Å². The average molecular weight is 269 g/mol. The Balaban J connectivity index is 2.53. The minimum absolute atomic E-state index is 0.532. The molecule has 1 aromatic heterocycles. The summed E-state index contributed by atoms with van der Waals surface area (Å²) in [6, 6.07) is 0.532. The molecule has 1 rings (SSSR count). The Morgan fingerprint density at radius 1 is 1.39 bits per heavy atom. The summed E-state index contributed by atoms with van der Waals surface area (Å²) in [5.41, 5.74) is 0. The number of thioether (sulfide) groups is 1. The van der Waals surface area contributed by atoms with Crippen molar-refractivity contribution in [1.29, 1.82) is 0 Å². The normalized spacial score (nSPS) is 13.2. The van der Waals surface area contributed by atoms with Crippen LogP contribution >= 0.6 is 11.8 Å². The van der Waals surface area contributed by atoms with Gasteiger partial charge in [-0.2, -0.15) is 11.8 Å². The van der Waals surface area contributed by atoms with Crippen molar-refractivity contribution in [1.82, 2.24) is 14.9 Å². The van der Waals surface area contributed by atoms with Gasteiger partial charge in [0.1, 0.15) is 5.82 Å². The molecule has 1 atom stereocenters. The van der Waals surface area contributed by atoms with Gasteiger partial charge in [0.05, 0.1) is 0 Å². The van der Waals surface area contributed by atoms with Crippen LogP contribution < -0.4 is 5.32 Å². The summed E-state index contributed by atoms with van der Waals surface area (Å²) in [6.07, 6.45) is 6.19. The van der Waals surface area contributed by atoms with Crippen LogP contribution in [0.5, 0.6) is 0 Å². The van der Waals surface area contributed by atoms with E-state index in [2.05, 4.69) is 48.8 Å². The molecule has 3 nitrogen and oxygen atoms in total. The third-order valence-corrected chi connectivity index (χ3v) is 4.15. The summed E-state index contributed by atoms with van der Waals surface area (Å²) in [7, 11) is 0. The van der Waals surface area contributed by atoms with Gasteiger partial charge in [-0.25, -0.2) is 4.98 Å². The van der Waals surface area contributed by atoms with Crippen LogP contribution in [0.2, 0.25) is 0 Å². The number of hydrogen-bond donors (Lipinski definition) is 1. The van der Waals surface area contributed by atoms with Gasteiger partial charge in [0, 0.05) is 37.2 Å². The van der Waals surface area contributed by atoms with Crippen LogP contribution in [0, 0.1) is 0 Å². The molecule has 104 valence electrons. The lowest BCUT2D eigenvalue weighted by molar-refractivity contribution is 0.525. The molecule has 4 heteroatoms. The van der Waals surface area contributed by atoms with Crippen molar-refractivity contribution >= 4 is 11.8 Å². The van der Waals surface area contributed by atoms with E-state index in [-0.39, 0.29) is 0 Å². The van der Waals surface area contributed by atoms with E-state index in [9.17, 15) is 0 Å². The second kappa shape index (κ2) is 8.59. The summed E-state index contributed by atoms with van der Waals surface area (Å²) in [5, 5.41) is 4.34. The number of rotatable bonds is 9. The van der Waals surface area contributed by atoms with Crippen molar-refractivity contribution in [2.45, 2.75) is 58.4 Å². The SMILES string of the molecule is CCCNC(CSC(C)C)Cc1nccn1CC. The molecule has 1 N–H and O–H groups in total. The van der Waals surface area contributed by atoms with E-state index in [1.807, 2.05) is 18.0 Å². The molecule has 0 amide bonds. The summed E-state index contributed by atoms with van der Waals surface area (Å²) < 4.78 is 2.24. The fraction of sp³-hybridized carbons (Fsp3) is 0.786. The Hall–Kier alpha value is -0.480. The summed E-state index contributed by atoms with van der Waals surface area (Å²) in [6.45, 7) is 11.0. The van der Waals surface area contributed by atoms with Gasteiger partial charge in [-0.05, 0) is 25.1 Å². The maximum absolute atomic E-state index is 4.48. The van der Waals surface area contributed by atoms with Crippen LogP contribution in [0.4, 0.5) is 0 Å². The molecule has 0 aliphatic heterocycles. The summed E-state index contributed by atoms with van der Waals surface area (Å²) >= 11 is 2.03. The molecule has 0 spiro atoms. The first-order chi connectivity index (χ1) is 8.67. The lowest BCUT2D eigenvalue weighted by Gasteiger charge is -2.19. The topological polar surface area (TPSA) is 29.9 Å². The highest BCUT2D eigenvalue weighted by molar-refractivity contribution is 7.99. The van der Waals surface area contributed by atoms with Crippen molar-refractivity contribution in [2.24, 2.45) is 0 Å². The van der Waals surface area contributed by atoms with Crippen molar-refractivity contribution in [3.05, 3.63) is 18.2 Å². The number of aryl methyl sites for hydroxylation is 1. The molecule has 0 aromatic carbocycles. The van der Waals surface area contributed by atoms with Crippen molar-refractivity contribution in [3.8, 4) is 0 Å². The first kappa shape index (κ1) is 15.6. The monoisotopic (exact) mass is 269 g/mol. The molecule has 0 fully saturated rings. The number of hydrogen-bond acceptors (Lipinski definition) is 3. The predicted molar refractivity (Wildman–Crippen MR) is 81.3 cm³/mol. The van der Waals surface area contributed by atoms with E-state index in [0.29, 0.717) is 11.3 Å². The van der Waals surface area contributed by atoms with Crippen LogP contribution in [0.1, 0.15) is 39.9 Å². The van der Waals surface area contributed by atoms with Gasteiger partial charge in [-0.3, -0.25) is 0 Å². The Morgan fingerprint density at radius 2 is 2.17 bits per heavy atom. The zero-order valence-electron chi connectivity index (χ0n) is 12.1. The van der Waals surface area contributed by atoms with Gasteiger partial charge < -0.3 is 9.88 Å². The maximum atomic E-state index is 4.48. The Kier molecular flexibility index (Phi) is 7.44. The van der Waals surface area contributed by atoms with E-state index in [1.54, 1.807) is 0 Å². The molecule has 0 radical (unpaired) electrons. The second-order valence-corrected chi connectivity index (χ2v) is 6.48.